The Morgan fingerprint density at radius 1 is 1.16 bits per heavy atom. The SMILES string of the molecule is Cc1cc(C)c2c(c1)CC1C=CC(=O)CC1S2(=O)=O. The molecule has 1 aliphatic heterocycles. The van der Waals surface area contributed by atoms with Gasteiger partial charge in [-0.1, -0.05) is 23.8 Å². The zero-order valence-electron chi connectivity index (χ0n) is 11.0. The fraction of sp³-hybridized carbons (Fsp3) is 0.400. The van der Waals surface area contributed by atoms with E-state index >= 15 is 0 Å². The number of carbonyl (C=O) groups excluding carboxylic acids is 1. The zero-order chi connectivity index (χ0) is 13.8. The first-order valence-corrected chi connectivity index (χ1v) is 7.99. The molecule has 3 nitrogen and oxygen atoms in total. The Labute approximate surface area is 113 Å². The lowest BCUT2D eigenvalue weighted by Gasteiger charge is -2.33. The van der Waals surface area contributed by atoms with Crippen molar-refractivity contribution < 1.29 is 13.2 Å². The molecule has 3 rings (SSSR count). The maximum atomic E-state index is 12.7. The van der Waals surface area contributed by atoms with Crippen molar-refractivity contribution in [2.75, 3.05) is 0 Å². The number of benzene rings is 1. The van der Waals surface area contributed by atoms with Crippen LogP contribution in [0.15, 0.2) is 29.2 Å². The van der Waals surface area contributed by atoms with E-state index in [9.17, 15) is 13.2 Å². The standard InChI is InChI=1S/C15H16O3S/c1-9-5-10(2)15-12(6-9)7-11-3-4-13(16)8-14(11)19(15,17)18/h3-6,11,14H,7-8H2,1-2H3. The van der Waals surface area contributed by atoms with Gasteiger partial charge in [0.1, 0.15) is 0 Å². The largest absolute Gasteiger partial charge is 0.295 e. The van der Waals surface area contributed by atoms with Gasteiger partial charge in [0.2, 0.25) is 0 Å². The Balaban J connectivity index is 2.24. The van der Waals surface area contributed by atoms with Gasteiger partial charge in [-0.05, 0) is 43.4 Å². The molecular weight excluding hydrogens is 260 g/mol. The van der Waals surface area contributed by atoms with Gasteiger partial charge in [-0.2, -0.15) is 0 Å². The average Bonchev–Trinajstić information content (AvgIpc) is 2.29. The summed E-state index contributed by atoms with van der Waals surface area (Å²) in [6, 6.07) is 3.86. The van der Waals surface area contributed by atoms with Gasteiger partial charge in [-0.3, -0.25) is 4.79 Å². The van der Waals surface area contributed by atoms with E-state index in [0.29, 0.717) is 11.3 Å². The minimum Gasteiger partial charge on any atom is -0.295 e. The highest BCUT2D eigenvalue weighted by atomic mass is 32.2. The normalized spacial score (nSPS) is 27.8. The van der Waals surface area contributed by atoms with Gasteiger partial charge < -0.3 is 0 Å². The highest BCUT2D eigenvalue weighted by Gasteiger charge is 2.42. The quantitative estimate of drug-likeness (QED) is 0.729. The van der Waals surface area contributed by atoms with Gasteiger partial charge in [0.15, 0.2) is 15.6 Å². The van der Waals surface area contributed by atoms with Gasteiger partial charge >= 0.3 is 0 Å². The van der Waals surface area contributed by atoms with Crippen LogP contribution in [0.5, 0.6) is 0 Å². The monoisotopic (exact) mass is 276 g/mol. The lowest BCUT2D eigenvalue weighted by molar-refractivity contribution is -0.115. The number of aryl methyl sites for hydroxylation is 2. The fourth-order valence-corrected chi connectivity index (χ4v) is 5.67. The van der Waals surface area contributed by atoms with Crippen molar-refractivity contribution in [1.82, 2.24) is 0 Å². The highest BCUT2D eigenvalue weighted by molar-refractivity contribution is 7.92. The number of allylic oxidation sites excluding steroid dienone is 2. The van der Waals surface area contributed by atoms with Crippen LogP contribution in [0.4, 0.5) is 0 Å². The minimum atomic E-state index is -3.40. The molecule has 0 aromatic heterocycles. The summed E-state index contributed by atoms with van der Waals surface area (Å²) >= 11 is 0. The summed E-state index contributed by atoms with van der Waals surface area (Å²) in [7, 11) is -3.40. The molecule has 0 saturated heterocycles. The van der Waals surface area contributed by atoms with Crippen molar-refractivity contribution in [1.29, 1.82) is 0 Å². The minimum absolute atomic E-state index is 0.0589. The average molecular weight is 276 g/mol. The predicted octanol–water partition coefficient (Wildman–Crippen LogP) is 2.15. The molecule has 19 heavy (non-hydrogen) atoms. The molecule has 0 saturated carbocycles. The van der Waals surface area contributed by atoms with E-state index in [1.165, 1.54) is 6.08 Å². The predicted molar refractivity (Wildman–Crippen MR) is 72.8 cm³/mol. The molecule has 100 valence electrons. The maximum absolute atomic E-state index is 12.7. The maximum Gasteiger partial charge on any atom is 0.182 e. The number of ketones is 1. The first-order chi connectivity index (χ1) is 8.89. The van der Waals surface area contributed by atoms with Gasteiger partial charge in [0.25, 0.3) is 0 Å². The van der Waals surface area contributed by atoms with E-state index in [0.717, 1.165) is 16.7 Å². The molecule has 4 heteroatoms. The van der Waals surface area contributed by atoms with E-state index in [-0.39, 0.29) is 18.1 Å². The van der Waals surface area contributed by atoms with Crippen LogP contribution in [0.1, 0.15) is 23.1 Å². The van der Waals surface area contributed by atoms with Gasteiger partial charge in [-0.25, -0.2) is 8.42 Å². The van der Waals surface area contributed by atoms with E-state index in [1.54, 1.807) is 6.08 Å². The van der Waals surface area contributed by atoms with Crippen LogP contribution in [-0.2, 0) is 21.1 Å². The van der Waals surface area contributed by atoms with E-state index in [2.05, 4.69) is 0 Å². The molecule has 1 heterocycles. The third-order valence-corrected chi connectivity index (χ3v) is 6.51. The summed E-state index contributed by atoms with van der Waals surface area (Å²) in [4.78, 5) is 12.0. The summed E-state index contributed by atoms with van der Waals surface area (Å²) in [5.41, 5.74) is 2.79. The van der Waals surface area contributed by atoms with Crippen LogP contribution in [0.25, 0.3) is 0 Å². The molecule has 0 spiro atoms. The Hall–Kier alpha value is -1.42. The lowest BCUT2D eigenvalue weighted by Crippen LogP contribution is -2.39. The first kappa shape index (κ1) is 12.6. The summed E-state index contributed by atoms with van der Waals surface area (Å²) in [5, 5.41) is -0.570. The molecular formula is C15H16O3S. The highest BCUT2D eigenvalue weighted by Crippen LogP contribution is 2.39. The van der Waals surface area contributed by atoms with Crippen LogP contribution >= 0.6 is 0 Å². The van der Waals surface area contributed by atoms with Crippen molar-refractivity contribution in [2.45, 2.75) is 36.8 Å². The molecule has 0 radical (unpaired) electrons. The van der Waals surface area contributed by atoms with Crippen LogP contribution in [0, 0.1) is 19.8 Å². The van der Waals surface area contributed by atoms with Gasteiger partial charge in [0.05, 0.1) is 10.1 Å². The van der Waals surface area contributed by atoms with Crippen molar-refractivity contribution in [3.05, 3.63) is 41.0 Å². The van der Waals surface area contributed by atoms with Crippen molar-refractivity contribution >= 4 is 15.6 Å². The van der Waals surface area contributed by atoms with E-state index < -0.39 is 15.1 Å². The second-order valence-corrected chi connectivity index (χ2v) is 7.65. The molecule has 1 aromatic rings. The lowest BCUT2D eigenvalue weighted by atomic mass is 9.87. The Kier molecular flexibility index (Phi) is 2.68. The second-order valence-electron chi connectivity index (χ2n) is 5.55. The molecule has 0 N–H and O–H groups in total. The molecule has 2 aliphatic rings. The topological polar surface area (TPSA) is 51.2 Å². The number of hydrogen-bond acceptors (Lipinski definition) is 3. The fourth-order valence-electron chi connectivity index (χ4n) is 3.32. The van der Waals surface area contributed by atoms with Crippen LogP contribution in [-0.4, -0.2) is 19.5 Å². The van der Waals surface area contributed by atoms with Crippen molar-refractivity contribution in [3.8, 4) is 0 Å². The third-order valence-electron chi connectivity index (χ3n) is 4.04. The van der Waals surface area contributed by atoms with E-state index in [1.807, 2.05) is 26.0 Å². The second kappa shape index (κ2) is 4.04. The summed E-state index contributed by atoms with van der Waals surface area (Å²) < 4.78 is 25.5. The Bertz CT molecular complexity index is 698. The molecule has 2 unspecified atom stereocenters. The molecule has 0 fully saturated rings. The Morgan fingerprint density at radius 2 is 1.89 bits per heavy atom. The number of sulfone groups is 1. The number of rotatable bonds is 0. The van der Waals surface area contributed by atoms with Crippen LogP contribution in [0.3, 0.4) is 0 Å². The Morgan fingerprint density at radius 3 is 2.63 bits per heavy atom. The van der Waals surface area contributed by atoms with Crippen LogP contribution < -0.4 is 0 Å². The number of carbonyl (C=O) groups is 1. The van der Waals surface area contributed by atoms with Crippen molar-refractivity contribution in [2.24, 2.45) is 5.92 Å². The molecule has 1 aliphatic carbocycles. The molecule has 2 atom stereocenters. The molecule has 1 aromatic carbocycles. The summed E-state index contributed by atoms with van der Waals surface area (Å²) in [6.07, 6.45) is 4.14. The van der Waals surface area contributed by atoms with Crippen molar-refractivity contribution in [3.63, 3.8) is 0 Å². The summed E-state index contributed by atoms with van der Waals surface area (Å²) in [5.74, 6) is -0.144. The number of fused-ring (bicyclic) bond motifs is 2. The van der Waals surface area contributed by atoms with Crippen LogP contribution in [0.2, 0.25) is 0 Å². The number of hydrogen-bond donors (Lipinski definition) is 0. The van der Waals surface area contributed by atoms with E-state index in [4.69, 9.17) is 0 Å². The smallest absolute Gasteiger partial charge is 0.182 e. The molecule has 0 bridgehead atoms. The summed E-state index contributed by atoms with van der Waals surface area (Å²) in [6.45, 7) is 3.82. The van der Waals surface area contributed by atoms with Gasteiger partial charge in [0, 0.05) is 6.42 Å². The third kappa shape index (κ3) is 1.86. The van der Waals surface area contributed by atoms with Gasteiger partial charge in [-0.15, -0.1) is 0 Å². The molecule has 0 amide bonds. The first-order valence-electron chi connectivity index (χ1n) is 6.44. The zero-order valence-corrected chi connectivity index (χ0v) is 11.8.